The zero-order valence-electron chi connectivity index (χ0n) is 12.7. The van der Waals surface area contributed by atoms with Gasteiger partial charge in [0.25, 0.3) is 5.91 Å². The Labute approximate surface area is 143 Å². The molecule has 0 fully saturated rings. The largest absolute Gasteiger partial charge is 0.434 e. The number of nitrogens with zero attached hydrogens (tertiary/aromatic N) is 1. The lowest BCUT2D eigenvalue weighted by atomic mass is 10.2. The molecule has 0 atom stereocenters. The molecule has 0 saturated carbocycles. The summed E-state index contributed by atoms with van der Waals surface area (Å²) in [5.74, 6) is -0.919. The number of nitrogens with two attached hydrogens (primary N) is 1. The molecule has 0 aliphatic carbocycles. The fourth-order valence-electron chi connectivity index (χ4n) is 2.03. The van der Waals surface area contributed by atoms with E-state index in [1.807, 2.05) is 13.0 Å². The zero-order valence-corrected chi connectivity index (χ0v) is 13.5. The van der Waals surface area contributed by atoms with Crippen LogP contribution in [0.2, 0.25) is 0 Å². The van der Waals surface area contributed by atoms with Crippen LogP contribution in [-0.2, 0) is 0 Å². The molecule has 0 aliphatic rings. The van der Waals surface area contributed by atoms with Gasteiger partial charge < -0.3 is 10.5 Å². The van der Waals surface area contributed by atoms with Crippen LogP contribution in [0.5, 0.6) is 5.75 Å². The van der Waals surface area contributed by atoms with E-state index in [1.54, 1.807) is 18.2 Å². The van der Waals surface area contributed by atoms with Gasteiger partial charge in [-0.15, -0.1) is 0 Å². The number of benzene rings is 2. The lowest BCUT2D eigenvalue weighted by Crippen LogP contribution is -2.49. The molecule has 2 aromatic carbocycles. The molecule has 5 nitrogen and oxygen atoms in total. The molecule has 0 bridgehead atoms. The van der Waals surface area contributed by atoms with Crippen LogP contribution in [0.25, 0.3) is 0 Å². The number of rotatable bonds is 4. The summed E-state index contributed by atoms with van der Waals surface area (Å²) >= 11 is 4.95. The number of thiocarbonyl (C=S) groups is 1. The van der Waals surface area contributed by atoms with Gasteiger partial charge in [0.1, 0.15) is 5.75 Å². The van der Waals surface area contributed by atoms with Crippen molar-refractivity contribution >= 4 is 28.9 Å². The number of aryl methyl sites for hydroxylation is 1. The number of ether oxygens (including phenoxy) is 1. The van der Waals surface area contributed by atoms with E-state index in [9.17, 15) is 13.6 Å². The summed E-state index contributed by atoms with van der Waals surface area (Å²) in [4.78, 5) is 12.4. The predicted molar refractivity (Wildman–Crippen MR) is 91.0 cm³/mol. The van der Waals surface area contributed by atoms with Crippen molar-refractivity contribution in [3.8, 4) is 5.75 Å². The van der Waals surface area contributed by atoms with Crippen LogP contribution in [0, 0.1) is 6.92 Å². The maximum Gasteiger partial charge on any atom is 0.387 e. The second-order valence-corrected chi connectivity index (χ2v) is 5.25. The Bertz CT molecular complexity index is 756. The highest BCUT2D eigenvalue weighted by atomic mass is 32.1. The molecule has 0 saturated heterocycles. The fraction of sp³-hybridized carbons (Fsp3) is 0.125. The quantitative estimate of drug-likeness (QED) is 0.655. The Morgan fingerprint density at radius 3 is 2.58 bits per heavy atom. The van der Waals surface area contributed by atoms with Gasteiger partial charge in [0.2, 0.25) is 0 Å². The molecule has 8 heteroatoms. The number of hydrogen-bond donors (Lipinski definition) is 2. The van der Waals surface area contributed by atoms with E-state index in [0.717, 1.165) is 5.56 Å². The fourth-order valence-corrected chi connectivity index (χ4v) is 2.18. The lowest BCUT2D eigenvalue weighted by Gasteiger charge is -2.24. The number of nitrogens with one attached hydrogen (secondary N) is 1. The van der Waals surface area contributed by atoms with E-state index in [1.165, 1.54) is 29.3 Å². The SMILES string of the molecule is Cc1cccc(N(NC(=O)c2ccccc2OC(F)F)C(N)=S)c1. The van der Waals surface area contributed by atoms with E-state index in [-0.39, 0.29) is 16.4 Å². The second kappa shape index (κ2) is 7.69. The number of carbonyl (C=O) groups excluding carboxylic acids is 1. The van der Waals surface area contributed by atoms with Gasteiger partial charge in [-0.25, -0.2) is 5.01 Å². The Balaban J connectivity index is 2.28. The van der Waals surface area contributed by atoms with Gasteiger partial charge >= 0.3 is 6.61 Å². The van der Waals surface area contributed by atoms with Crippen LogP contribution in [-0.4, -0.2) is 17.6 Å². The Morgan fingerprint density at radius 2 is 1.96 bits per heavy atom. The summed E-state index contributed by atoms with van der Waals surface area (Å²) < 4.78 is 29.3. The lowest BCUT2D eigenvalue weighted by molar-refractivity contribution is -0.0501. The number of alkyl halides is 2. The third kappa shape index (κ3) is 4.39. The number of hydrogen-bond acceptors (Lipinski definition) is 3. The van der Waals surface area contributed by atoms with Crippen molar-refractivity contribution < 1.29 is 18.3 Å². The second-order valence-electron chi connectivity index (χ2n) is 4.83. The molecular weight excluding hydrogens is 336 g/mol. The van der Waals surface area contributed by atoms with Gasteiger partial charge in [-0.2, -0.15) is 8.78 Å². The van der Waals surface area contributed by atoms with Crippen molar-refractivity contribution in [1.82, 2.24) is 5.43 Å². The van der Waals surface area contributed by atoms with E-state index < -0.39 is 12.5 Å². The predicted octanol–water partition coefficient (Wildman–Crippen LogP) is 2.99. The number of hydrazine groups is 1. The molecule has 126 valence electrons. The number of amides is 1. The molecule has 0 aromatic heterocycles. The number of carbonyl (C=O) groups is 1. The van der Waals surface area contributed by atoms with Crippen molar-refractivity contribution in [2.45, 2.75) is 13.5 Å². The van der Waals surface area contributed by atoms with Gasteiger partial charge in [0.05, 0.1) is 11.3 Å². The first kappa shape index (κ1) is 17.6. The Hall–Kier alpha value is -2.74. The number of para-hydroxylation sites is 1. The smallest absolute Gasteiger partial charge is 0.387 e. The normalized spacial score (nSPS) is 10.3. The molecule has 0 heterocycles. The van der Waals surface area contributed by atoms with Gasteiger partial charge in [0, 0.05) is 0 Å². The first-order chi connectivity index (χ1) is 11.4. The molecule has 2 aromatic rings. The van der Waals surface area contributed by atoms with Gasteiger partial charge in [-0.1, -0.05) is 24.3 Å². The van der Waals surface area contributed by atoms with Crippen LogP contribution < -0.4 is 20.9 Å². The highest BCUT2D eigenvalue weighted by Crippen LogP contribution is 2.21. The molecule has 3 N–H and O–H groups in total. The molecule has 0 radical (unpaired) electrons. The summed E-state index contributed by atoms with van der Waals surface area (Å²) in [6, 6.07) is 12.8. The summed E-state index contributed by atoms with van der Waals surface area (Å²) in [6.07, 6.45) is 0. The summed E-state index contributed by atoms with van der Waals surface area (Å²) in [6.45, 7) is -1.17. The topological polar surface area (TPSA) is 67.6 Å². The standard InChI is InChI=1S/C16H15F2N3O2S/c1-10-5-4-6-11(9-10)21(16(19)24)20-14(22)12-7-2-3-8-13(12)23-15(17)18/h2-9,15H,1H3,(H2,19,24)(H,20,22). The van der Waals surface area contributed by atoms with Crippen molar-refractivity contribution in [3.05, 3.63) is 59.7 Å². The summed E-state index contributed by atoms with van der Waals surface area (Å²) in [5.41, 5.74) is 9.56. The van der Waals surface area contributed by atoms with Crippen molar-refractivity contribution in [2.24, 2.45) is 5.73 Å². The average Bonchev–Trinajstić information content (AvgIpc) is 2.52. The molecule has 2 rings (SSSR count). The van der Waals surface area contributed by atoms with Crippen LogP contribution >= 0.6 is 12.2 Å². The van der Waals surface area contributed by atoms with E-state index >= 15 is 0 Å². The van der Waals surface area contributed by atoms with Crippen LogP contribution in [0.15, 0.2) is 48.5 Å². The minimum absolute atomic E-state index is 0.0632. The molecule has 1 amide bonds. The summed E-state index contributed by atoms with van der Waals surface area (Å²) in [7, 11) is 0. The highest BCUT2D eigenvalue weighted by molar-refractivity contribution is 7.80. The third-order valence-electron chi connectivity index (χ3n) is 3.04. The van der Waals surface area contributed by atoms with Crippen molar-refractivity contribution in [3.63, 3.8) is 0 Å². The Kier molecular flexibility index (Phi) is 5.64. The Morgan fingerprint density at radius 1 is 1.25 bits per heavy atom. The van der Waals surface area contributed by atoms with E-state index in [4.69, 9.17) is 18.0 Å². The van der Waals surface area contributed by atoms with Crippen LogP contribution in [0.3, 0.4) is 0 Å². The van der Waals surface area contributed by atoms with Gasteiger partial charge in [-0.05, 0) is 49.0 Å². The van der Waals surface area contributed by atoms with E-state index in [2.05, 4.69) is 10.2 Å². The molecule has 0 unspecified atom stereocenters. The van der Waals surface area contributed by atoms with Gasteiger partial charge in [-0.3, -0.25) is 10.2 Å². The zero-order chi connectivity index (χ0) is 17.7. The maximum absolute atomic E-state index is 12.5. The number of halogens is 2. The summed E-state index contributed by atoms with van der Waals surface area (Å²) in [5, 5.41) is 1.10. The van der Waals surface area contributed by atoms with E-state index in [0.29, 0.717) is 5.69 Å². The monoisotopic (exact) mass is 351 g/mol. The highest BCUT2D eigenvalue weighted by Gasteiger charge is 2.19. The number of anilines is 1. The molecule has 24 heavy (non-hydrogen) atoms. The molecule has 0 spiro atoms. The van der Waals surface area contributed by atoms with Gasteiger partial charge in [0.15, 0.2) is 5.11 Å². The first-order valence-corrected chi connectivity index (χ1v) is 7.30. The molecular formula is C16H15F2N3O2S. The molecule has 0 aliphatic heterocycles. The maximum atomic E-state index is 12.5. The third-order valence-corrected chi connectivity index (χ3v) is 3.22. The first-order valence-electron chi connectivity index (χ1n) is 6.89. The minimum atomic E-state index is -3.04. The van der Waals surface area contributed by atoms with Crippen molar-refractivity contribution in [2.75, 3.05) is 5.01 Å². The average molecular weight is 351 g/mol. The van der Waals surface area contributed by atoms with Crippen molar-refractivity contribution in [1.29, 1.82) is 0 Å². The van der Waals surface area contributed by atoms with Crippen LogP contribution in [0.4, 0.5) is 14.5 Å². The minimum Gasteiger partial charge on any atom is -0.434 e. The van der Waals surface area contributed by atoms with Crippen LogP contribution in [0.1, 0.15) is 15.9 Å².